The van der Waals surface area contributed by atoms with Crippen molar-refractivity contribution in [1.29, 1.82) is 0 Å². The number of rotatable bonds is 2. The van der Waals surface area contributed by atoms with Gasteiger partial charge >= 0.3 is 0 Å². The number of benzene rings is 2. The molecule has 5 heteroatoms. The number of hydrogen-bond acceptors (Lipinski definition) is 4. The zero-order valence-electron chi connectivity index (χ0n) is 13.1. The summed E-state index contributed by atoms with van der Waals surface area (Å²) >= 11 is 1.88. The largest absolute Gasteiger partial charge is 0.497 e. The summed E-state index contributed by atoms with van der Waals surface area (Å²) in [6.07, 6.45) is 0. The minimum atomic E-state index is 0.354. The van der Waals surface area contributed by atoms with E-state index in [4.69, 9.17) is 4.74 Å². The second kappa shape index (κ2) is 5.74. The predicted octanol–water partition coefficient (Wildman–Crippen LogP) is 4.15. The summed E-state index contributed by atoms with van der Waals surface area (Å²) in [7, 11) is 1.67. The van der Waals surface area contributed by atoms with Crippen LogP contribution in [0.4, 0.5) is 0 Å². The van der Waals surface area contributed by atoms with Crippen molar-refractivity contribution in [2.75, 3.05) is 12.9 Å². The maximum Gasteiger partial charge on any atom is 0.168 e. The van der Waals surface area contributed by atoms with Crippen molar-refractivity contribution in [2.45, 2.75) is 17.7 Å². The molecule has 0 radical (unpaired) electrons. The number of thioether (sulfide) groups is 1. The maximum absolute atomic E-state index is 5.25. The highest BCUT2D eigenvalue weighted by Crippen LogP contribution is 2.38. The van der Waals surface area contributed by atoms with E-state index in [2.05, 4.69) is 46.0 Å². The van der Waals surface area contributed by atoms with Gasteiger partial charge in [-0.1, -0.05) is 19.1 Å². The smallest absolute Gasteiger partial charge is 0.168 e. The molecule has 0 spiro atoms. The summed E-state index contributed by atoms with van der Waals surface area (Å²) in [6.45, 7) is 2.21. The molecule has 0 saturated carbocycles. The van der Waals surface area contributed by atoms with Crippen LogP contribution in [0.3, 0.4) is 0 Å². The number of ether oxygens (including phenoxy) is 1. The lowest BCUT2D eigenvalue weighted by molar-refractivity contribution is 0.415. The zero-order chi connectivity index (χ0) is 15.8. The molecule has 23 heavy (non-hydrogen) atoms. The molecule has 1 aliphatic rings. The van der Waals surface area contributed by atoms with Gasteiger partial charge in [0.25, 0.3) is 0 Å². The molecule has 2 heterocycles. The molecule has 1 aliphatic heterocycles. The summed E-state index contributed by atoms with van der Waals surface area (Å²) in [5.41, 5.74) is 2.20. The van der Waals surface area contributed by atoms with E-state index in [-0.39, 0.29) is 0 Å². The molecule has 0 aliphatic carbocycles. The van der Waals surface area contributed by atoms with Gasteiger partial charge in [0, 0.05) is 22.1 Å². The van der Waals surface area contributed by atoms with Crippen LogP contribution in [-0.4, -0.2) is 27.6 Å². The van der Waals surface area contributed by atoms with Crippen molar-refractivity contribution in [3.05, 3.63) is 54.4 Å². The van der Waals surface area contributed by atoms with Crippen molar-refractivity contribution < 1.29 is 4.74 Å². The SMILES string of the molecule is COc1ccc(-c2nnc3n2-c2ccccc2SC[C@H]3C)cc1. The number of nitrogens with zero attached hydrogens (tertiary/aromatic N) is 3. The average Bonchev–Trinajstić information content (AvgIpc) is 2.99. The molecule has 0 N–H and O–H groups in total. The second-order valence-electron chi connectivity index (χ2n) is 5.63. The Balaban J connectivity index is 1.92. The van der Waals surface area contributed by atoms with E-state index in [0.717, 1.165) is 34.4 Å². The number of methoxy groups -OCH3 is 1. The van der Waals surface area contributed by atoms with Crippen LogP contribution in [-0.2, 0) is 0 Å². The van der Waals surface area contributed by atoms with Crippen LogP contribution in [0.5, 0.6) is 5.75 Å². The van der Waals surface area contributed by atoms with E-state index in [9.17, 15) is 0 Å². The van der Waals surface area contributed by atoms with Gasteiger partial charge in [-0.05, 0) is 36.4 Å². The van der Waals surface area contributed by atoms with Gasteiger partial charge in [0.1, 0.15) is 11.6 Å². The van der Waals surface area contributed by atoms with Crippen molar-refractivity contribution in [3.63, 3.8) is 0 Å². The van der Waals surface area contributed by atoms with Crippen LogP contribution >= 0.6 is 11.8 Å². The Morgan fingerprint density at radius 3 is 2.65 bits per heavy atom. The molecule has 1 atom stereocenters. The third kappa shape index (κ3) is 2.41. The molecule has 1 aromatic heterocycles. The number of fused-ring (bicyclic) bond motifs is 3. The minimum Gasteiger partial charge on any atom is -0.497 e. The lowest BCUT2D eigenvalue weighted by atomic mass is 10.1. The lowest BCUT2D eigenvalue weighted by Gasteiger charge is -2.12. The highest BCUT2D eigenvalue weighted by atomic mass is 32.2. The third-order valence-electron chi connectivity index (χ3n) is 4.07. The topological polar surface area (TPSA) is 39.9 Å². The Bertz CT molecular complexity index is 842. The summed E-state index contributed by atoms with van der Waals surface area (Å²) in [5, 5.41) is 8.96. The normalized spacial score (nSPS) is 16.3. The van der Waals surface area contributed by atoms with Crippen LogP contribution in [0.25, 0.3) is 17.1 Å². The van der Waals surface area contributed by atoms with Crippen LogP contribution in [0.2, 0.25) is 0 Å². The average molecular weight is 323 g/mol. The van der Waals surface area contributed by atoms with Crippen molar-refractivity contribution in [2.24, 2.45) is 0 Å². The molecule has 3 aromatic rings. The minimum absolute atomic E-state index is 0.354. The molecule has 2 aromatic carbocycles. The summed E-state index contributed by atoms with van der Waals surface area (Å²) in [4.78, 5) is 1.27. The zero-order valence-corrected chi connectivity index (χ0v) is 13.9. The quantitative estimate of drug-likeness (QED) is 0.710. The first-order valence-electron chi connectivity index (χ1n) is 7.60. The van der Waals surface area contributed by atoms with Crippen LogP contribution in [0.15, 0.2) is 53.4 Å². The predicted molar refractivity (Wildman–Crippen MR) is 92.5 cm³/mol. The second-order valence-corrected chi connectivity index (χ2v) is 6.69. The van der Waals surface area contributed by atoms with Crippen molar-refractivity contribution in [1.82, 2.24) is 14.8 Å². The van der Waals surface area contributed by atoms with Gasteiger partial charge < -0.3 is 4.74 Å². The Morgan fingerprint density at radius 1 is 1.09 bits per heavy atom. The van der Waals surface area contributed by atoms with Gasteiger partial charge in [0.05, 0.1) is 12.8 Å². The van der Waals surface area contributed by atoms with Gasteiger partial charge in [0.2, 0.25) is 0 Å². The van der Waals surface area contributed by atoms with Gasteiger partial charge in [-0.2, -0.15) is 0 Å². The van der Waals surface area contributed by atoms with Crippen molar-refractivity contribution >= 4 is 11.8 Å². The number of aromatic nitrogens is 3. The Kier molecular flexibility index (Phi) is 3.58. The summed E-state index contributed by atoms with van der Waals surface area (Å²) in [5.74, 6) is 4.11. The van der Waals surface area contributed by atoms with E-state index >= 15 is 0 Å². The highest BCUT2D eigenvalue weighted by Gasteiger charge is 2.25. The number of hydrogen-bond donors (Lipinski definition) is 0. The molecule has 0 bridgehead atoms. The Hall–Kier alpha value is -2.27. The molecule has 4 rings (SSSR count). The molecular formula is C18H17N3OS. The first kappa shape index (κ1) is 14.3. The van der Waals surface area contributed by atoms with Crippen molar-refractivity contribution in [3.8, 4) is 22.8 Å². The van der Waals surface area contributed by atoms with Gasteiger partial charge in [0.15, 0.2) is 5.82 Å². The Morgan fingerprint density at radius 2 is 1.87 bits per heavy atom. The third-order valence-corrected chi connectivity index (χ3v) is 5.39. The molecule has 0 fully saturated rings. The van der Waals surface area contributed by atoms with Crippen LogP contribution < -0.4 is 4.74 Å². The van der Waals surface area contributed by atoms with Crippen LogP contribution in [0.1, 0.15) is 18.7 Å². The molecule has 0 unspecified atom stereocenters. The van der Waals surface area contributed by atoms with E-state index in [1.54, 1.807) is 7.11 Å². The maximum atomic E-state index is 5.25. The summed E-state index contributed by atoms with van der Waals surface area (Å²) in [6, 6.07) is 16.4. The fourth-order valence-corrected chi connectivity index (χ4v) is 3.89. The first-order chi connectivity index (χ1) is 11.3. The molecule has 0 amide bonds. The standard InChI is InChI=1S/C18H17N3OS/c1-12-11-23-16-6-4-3-5-15(16)21-17(12)19-20-18(21)13-7-9-14(22-2)10-8-13/h3-10,12H,11H2,1-2H3/t12-/m1/s1. The molecule has 0 saturated heterocycles. The fourth-order valence-electron chi connectivity index (χ4n) is 2.83. The van der Waals surface area contributed by atoms with Gasteiger partial charge in [-0.15, -0.1) is 22.0 Å². The van der Waals surface area contributed by atoms with E-state index in [0.29, 0.717) is 5.92 Å². The van der Waals surface area contributed by atoms with Crippen LogP contribution in [0, 0.1) is 0 Å². The van der Waals surface area contributed by atoms with E-state index in [1.807, 2.05) is 36.0 Å². The first-order valence-corrected chi connectivity index (χ1v) is 8.58. The fraction of sp³-hybridized carbons (Fsp3) is 0.222. The summed E-state index contributed by atoms with van der Waals surface area (Å²) < 4.78 is 7.44. The Labute approximate surface area is 139 Å². The van der Waals surface area contributed by atoms with E-state index < -0.39 is 0 Å². The van der Waals surface area contributed by atoms with E-state index in [1.165, 1.54) is 4.90 Å². The highest BCUT2D eigenvalue weighted by molar-refractivity contribution is 7.99. The number of para-hydroxylation sites is 1. The molecular weight excluding hydrogens is 306 g/mol. The monoisotopic (exact) mass is 323 g/mol. The lowest BCUT2D eigenvalue weighted by Crippen LogP contribution is -2.05. The molecule has 4 nitrogen and oxygen atoms in total. The molecule has 116 valence electrons. The van der Waals surface area contributed by atoms with Gasteiger partial charge in [-0.3, -0.25) is 4.57 Å². The van der Waals surface area contributed by atoms with Gasteiger partial charge in [-0.25, -0.2) is 0 Å².